The van der Waals surface area contributed by atoms with Crippen molar-refractivity contribution in [2.45, 2.75) is 31.8 Å². The van der Waals surface area contributed by atoms with Crippen molar-refractivity contribution in [3.63, 3.8) is 0 Å². The Balaban J connectivity index is 1.66. The molecule has 0 aliphatic carbocycles. The summed E-state index contributed by atoms with van der Waals surface area (Å²) in [6.45, 7) is 3.82. The number of nitrogens with zero attached hydrogens (tertiary/aromatic N) is 2. The lowest BCUT2D eigenvalue weighted by atomic mass is 9.85. The fourth-order valence-corrected chi connectivity index (χ4v) is 4.72. The number of aromatic carboxylic acids is 1. The molecule has 29 heavy (non-hydrogen) atoms. The van der Waals surface area contributed by atoms with Crippen LogP contribution in [0.2, 0.25) is 0 Å². The number of rotatable bonds is 2. The number of fused-ring (bicyclic) bond motifs is 4. The number of urea groups is 1. The fourth-order valence-electron chi connectivity index (χ4n) is 4.72. The molecular formula is C22H19N3O4. The third kappa shape index (κ3) is 2.21. The van der Waals surface area contributed by atoms with Gasteiger partial charge in [-0.05, 0) is 37.6 Å². The highest BCUT2D eigenvalue weighted by Crippen LogP contribution is 2.45. The molecule has 3 amide bonds. The van der Waals surface area contributed by atoms with E-state index in [9.17, 15) is 19.5 Å². The van der Waals surface area contributed by atoms with Crippen molar-refractivity contribution in [3.05, 3.63) is 65.4 Å². The molecule has 2 aliphatic rings. The van der Waals surface area contributed by atoms with Gasteiger partial charge in [-0.25, -0.2) is 14.5 Å². The molecule has 0 spiro atoms. The second-order valence-corrected chi connectivity index (χ2v) is 7.95. The number of amides is 3. The van der Waals surface area contributed by atoms with Crippen molar-refractivity contribution in [2.24, 2.45) is 0 Å². The van der Waals surface area contributed by atoms with Crippen LogP contribution in [0, 0.1) is 0 Å². The maximum Gasteiger partial charge on any atom is 0.337 e. The van der Waals surface area contributed by atoms with Gasteiger partial charge in [0, 0.05) is 23.0 Å². The van der Waals surface area contributed by atoms with Gasteiger partial charge in [-0.3, -0.25) is 4.79 Å². The van der Waals surface area contributed by atoms with Crippen LogP contribution < -0.4 is 4.90 Å². The van der Waals surface area contributed by atoms with Gasteiger partial charge in [0.05, 0.1) is 16.8 Å². The Labute approximate surface area is 166 Å². The first-order valence-electron chi connectivity index (χ1n) is 9.42. The largest absolute Gasteiger partial charge is 0.478 e. The van der Waals surface area contributed by atoms with Gasteiger partial charge in [0.2, 0.25) is 0 Å². The van der Waals surface area contributed by atoms with Crippen LogP contribution in [0.3, 0.4) is 0 Å². The maximum absolute atomic E-state index is 13.4. The number of carbonyl (C=O) groups is 3. The second-order valence-electron chi connectivity index (χ2n) is 7.95. The number of H-pyrrole nitrogens is 1. The highest BCUT2D eigenvalue weighted by Gasteiger charge is 2.56. The predicted molar refractivity (Wildman–Crippen MR) is 107 cm³/mol. The van der Waals surface area contributed by atoms with Crippen LogP contribution in [0.5, 0.6) is 0 Å². The van der Waals surface area contributed by atoms with Gasteiger partial charge < -0.3 is 15.0 Å². The van der Waals surface area contributed by atoms with E-state index < -0.39 is 29.5 Å². The molecule has 1 atom stereocenters. The normalized spacial score (nSPS) is 20.1. The average molecular weight is 389 g/mol. The summed E-state index contributed by atoms with van der Waals surface area (Å²) in [4.78, 5) is 44.4. The van der Waals surface area contributed by atoms with Gasteiger partial charge in [-0.15, -0.1) is 0 Å². The molecule has 1 unspecified atom stereocenters. The van der Waals surface area contributed by atoms with Crippen LogP contribution in [0.15, 0.2) is 48.5 Å². The number of aromatic nitrogens is 1. The van der Waals surface area contributed by atoms with Crippen molar-refractivity contribution < 1.29 is 19.5 Å². The minimum Gasteiger partial charge on any atom is -0.478 e. The zero-order valence-corrected chi connectivity index (χ0v) is 16.0. The number of hydrogen-bond acceptors (Lipinski definition) is 3. The molecule has 0 saturated carbocycles. The Morgan fingerprint density at radius 2 is 1.79 bits per heavy atom. The van der Waals surface area contributed by atoms with E-state index in [1.807, 2.05) is 38.1 Å². The molecule has 1 aromatic heterocycles. The van der Waals surface area contributed by atoms with Crippen LogP contribution in [-0.4, -0.2) is 38.9 Å². The van der Waals surface area contributed by atoms with Crippen molar-refractivity contribution in [3.8, 4) is 0 Å². The lowest BCUT2D eigenvalue weighted by molar-refractivity contribution is -0.121. The minimum absolute atomic E-state index is 0.0733. The first-order chi connectivity index (χ1) is 13.8. The highest BCUT2D eigenvalue weighted by molar-refractivity contribution is 6.23. The number of nitrogens with one attached hydrogen (secondary N) is 1. The number of carboxylic acid groups (broad SMARTS) is 1. The zero-order valence-electron chi connectivity index (χ0n) is 16.0. The highest BCUT2D eigenvalue weighted by atomic mass is 16.4. The summed E-state index contributed by atoms with van der Waals surface area (Å²) in [5.41, 5.74) is 2.19. The molecule has 7 heteroatoms. The van der Waals surface area contributed by atoms with Crippen molar-refractivity contribution in [1.82, 2.24) is 9.88 Å². The predicted octanol–water partition coefficient (Wildman–Crippen LogP) is 3.49. The van der Waals surface area contributed by atoms with Crippen LogP contribution in [0.4, 0.5) is 10.5 Å². The Morgan fingerprint density at radius 1 is 1.10 bits per heavy atom. The number of hydrogen-bond donors (Lipinski definition) is 2. The summed E-state index contributed by atoms with van der Waals surface area (Å²) in [5, 5.41) is 10.6. The van der Waals surface area contributed by atoms with E-state index in [2.05, 4.69) is 4.98 Å². The number of para-hydroxylation sites is 2. The molecule has 3 aromatic rings. The molecule has 1 fully saturated rings. The molecule has 1 saturated heterocycles. The lowest BCUT2D eigenvalue weighted by Gasteiger charge is -2.42. The van der Waals surface area contributed by atoms with Crippen LogP contribution in [0.25, 0.3) is 10.9 Å². The number of benzene rings is 2. The van der Waals surface area contributed by atoms with E-state index in [1.165, 1.54) is 12.1 Å². The van der Waals surface area contributed by atoms with Gasteiger partial charge in [0.15, 0.2) is 0 Å². The summed E-state index contributed by atoms with van der Waals surface area (Å²) in [6.07, 6.45) is 0.388. The first-order valence-corrected chi connectivity index (χ1v) is 9.42. The molecule has 2 aromatic carbocycles. The van der Waals surface area contributed by atoms with E-state index >= 15 is 0 Å². The van der Waals surface area contributed by atoms with E-state index in [0.717, 1.165) is 27.1 Å². The minimum atomic E-state index is -1.18. The van der Waals surface area contributed by atoms with Crippen molar-refractivity contribution in [2.75, 3.05) is 4.90 Å². The Kier molecular flexibility index (Phi) is 3.44. The fraction of sp³-hybridized carbons (Fsp3) is 0.227. The average Bonchev–Trinajstić information content (AvgIpc) is 3.19. The maximum atomic E-state index is 13.4. The molecule has 7 nitrogen and oxygen atoms in total. The number of imide groups is 1. The Bertz CT molecular complexity index is 1210. The summed E-state index contributed by atoms with van der Waals surface area (Å²) < 4.78 is 0. The topological polar surface area (TPSA) is 93.7 Å². The van der Waals surface area contributed by atoms with Gasteiger partial charge >= 0.3 is 12.0 Å². The van der Waals surface area contributed by atoms with Crippen LogP contribution in [-0.2, 0) is 16.8 Å². The third-order valence-electron chi connectivity index (χ3n) is 6.02. The van der Waals surface area contributed by atoms with Gasteiger partial charge in [-0.2, -0.15) is 0 Å². The summed E-state index contributed by atoms with van der Waals surface area (Å²) in [6, 6.07) is 12.8. The van der Waals surface area contributed by atoms with Gasteiger partial charge in [-0.1, -0.05) is 30.3 Å². The smallest absolute Gasteiger partial charge is 0.337 e. The number of aromatic amines is 1. The standard InChI is InChI=1S/C22H19N3O4/c1-22(2)18-14(12-7-3-5-9-15(12)23-18)11-17-19(26)24(21(29)25(17)22)16-10-6-4-8-13(16)20(27)28/h3-10,17,23H,11H2,1-2H3,(H,27,28). The first kappa shape index (κ1) is 17.5. The summed E-state index contributed by atoms with van der Waals surface area (Å²) >= 11 is 0. The number of anilines is 1. The third-order valence-corrected chi connectivity index (χ3v) is 6.02. The molecule has 5 rings (SSSR count). The lowest BCUT2D eigenvalue weighted by Crippen LogP contribution is -2.52. The van der Waals surface area contributed by atoms with Gasteiger partial charge in [0.25, 0.3) is 5.91 Å². The Hall–Kier alpha value is -3.61. The molecular weight excluding hydrogens is 370 g/mol. The monoisotopic (exact) mass is 389 g/mol. The van der Waals surface area contributed by atoms with E-state index in [4.69, 9.17) is 0 Å². The molecule has 2 N–H and O–H groups in total. The quantitative estimate of drug-likeness (QED) is 0.656. The SMILES string of the molecule is CC1(C)c2[nH]c3ccccc3c2CC2C(=O)N(c3ccccc3C(=O)O)C(=O)N21. The number of carbonyl (C=O) groups excluding carboxylic acids is 2. The zero-order chi connectivity index (χ0) is 20.5. The second kappa shape index (κ2) is 5.70. The Morgan fingerprint density at radius 3 is 2.55 bits per heavy atom. The van der Waals surface area contributed by atoms with E-state index in [0.29, 0.717) is 6.42 Å². The molecule has 0 bridgehead atoms. The van der Waals surface area contributed by atoms with Crippen molar-refractivity contribution >= 4 is 34.5 Å². The summed E-state index contributed by atoms with van der Waals surface area (Å²) in [7, 11) is 0. The summed E-state index contributed by atoms with van der Waals surface area (Å²) in [5.74, 6) is -1.57. The van der Waals surface area contributed by atoms with Crippen LogP contribution >= 0.6 is 0 Å². The van der Waals surface area contributed by atoms with Crippen LogP contribution in [0.1, 0.15) is 35.5 Å². The van der Waals surface area contributed by atoms with Gasteiger partial charge in [0.1, 0.15) is 6.04 Å². The molecule has 2 aliphatic heterocycles. The van der Waals surface area contributed by atoms with E-state index in [1.54, 1.807) is 17.0 Å². The molecule has 146 valence electrons. The molecule has 0 radical (unpaired) electrons. The number of carboxylic acids is 1. The molecule has 3 heterocycles. The van der Waals surface area contributed by atoms with Crippen molar-refractivity contribution in [1.29, 1.82) is 0 Å². The van der Waals surface area contributed by atoms with E-state index in [-0.39, 0.29) is 11.3 Å².